The minimum absolute atomic E-state index is 0.960. The van der Waals surface area contributed by atoms with Crippen molar-refractivity contribution in [3.63, 3.8) is 0 Å². The highest BCUT2D eigenvalue weighted by Crippen LogP contribution is 2.77. The van der Waals surface area contributed by atoms with Crippen LogP contribution in [0.15, 0.2) is 0 Å². The SMILES string of the molecule is NCCCC(C(P(=O)(O)O)P(=O)(O)O)[C@](C(=O)O)(C(P(=O)(O)O)P(=O)(O)O)N(C(P(=O)(O)O)P(=O)(O)O)C(P(=O)(O)O)P(=O)(O)O. The van der Waals surface area contributed by atoms with Crippen LogP contribution in [0.25, 0.3) is 0 Å². The molecule has 0 fully saturated rings. The molecule has 19 N–H and O–H groups in total. The smallest absolute Gasteiger partial charge is 0.355 e. The molecule has 0 saturated carbocycles. The summed E-state index contributed by atoms with van der Waals surface area (Å²) in [6.45, 7) is -0.960. The summed E-state index contributed by atoms with van der Waals surface area (Å²) in [4.78, 5) is 170. The summed E-state index contributed by atoms with van der Waals surface area (Å²) in [7, 11) is -57.8. The third-order valence-corrected chi connectivity index (χ3v) is 20.6. The van der Waals surface area contributed by atoms with Crippen molar-refractivity contribution < 1.29 is 125 Å². The van der Waals surface area contributed by atoms with E-state index in [4.69, 9.17) is 5.73 Å². The molecule has 276 valence electrons. The van der Waals surface area contributed by atoms with Crippen molar-refractivity contribution in [3.05, 3.63) is 0 Å². The van der Waals surface area contributed by atoms with E-state index in [0.29, 0.717) is 0 Å². The van der Waals surface area contributed by atoms with Crippen LogP contribution < -0.4 is 5.73 Å². The number of nitrogens with two attached hydrogens (primary N) is 1. The van der Waals surface area contributed by atoms with Crippen LogP contribution in [0.3, 0.4) is 0 Å². The lowest BCUT2D eigenvalue weighted by atomic mass is 9.81. The van der Waals surface area contributed by atoms with Gasteiger partial charge in [0.1, 0.15) is 0 Å². The molecule has 36 heteroatoms. The third-order valence-electron chi connectivity index (χ3n) is 5.84. The predicted octanol–water partition coefficient (Wildman–Crippen LogP) is -3.89. The van der Waals surface area contributed by atoms with Crippen LogP contribution >= 0.6 is 60.8 Å². The lowest BCUT2D eigenvalue weighted by Crippen LogP contribution is -2.71. The fourth-order valence-electron chi connectivity index (χ4n) is 4.74. The van der Waals surface area contributed by atoms with E-state index < -0.39 is 124 Å². The Morgan fingerprint density at radius 2 is 0.826 bits per heavy atom. The maximum Gasteiger partial charge on any atom is 0.355 e. The minimum Gasteiger partial charge on any atom is -0.480 e. The number of carboxylic acids is 1. The molecule has 0 aliphatic heterocycles. The van der Waals surface area contributed by atoms with Crippen molar-refractivity contribution in [1.82, 2.24) is 4.90 Å². The average Bonchev–Trinajstić information content (AvgIpc) is 2.66. The van der Waals surface area contributed by atoms with Gasteiger partial charge in [-0.25, -0.2) is 4.90 Å². The average molecular weight is 842 g/mol. The lowest BCUT2D eigenvalue weighted by Gasteiger charge is -2.54. The summed E-state index contributed by atoms with van der Waals surface area (Å²) in [5.74, 6) is -7.77. The number of hydrogen-bond acceptors (Lipinski definition) is 11. The normalized spacial score (nSPS) is 17.3. The minimum atomic E-state index is -7.38. The Hall–Kier alpha value is 0.590. The van der Waals surface area contributed by atoms with Crippen molar-refractivity contribution in [3.8, 4) is 0 Å². The van der Waals surface area contributed by atoms with E-state index in [1.54, 1.807) is 0 Å². The van der Waals surface area contributed by atoms with Crippen LogP contribution in [-0.2, 0) is 41.3 Å². The molecule has 0 aliphatic carbocycles. The van der Waals surface area contributed by atoms with Crippen LogP contribution in [0.4, 0.5) is 0 Å². The molecule has 1 unspecified atom stereocenters. The number of carbonyl (C=O) groups is 1. The first kappa shape index (κ1) is 46.6. The molecular formula is C10H30N2O26P8. The molecule has 0 radical (unpaired) electrons. The van der Waals surface area contributed by atoms with Gasteiger partial charge in [0.05, 0.1) is 0 Å². The van der Waals surface area contributed by atoms with Crippen LogP contribution in [0, 0.1) is 5.92 Å². The van der Waals surface area contributed by atoms with Crippen LogP contribution in [0.1, 0.15) is 12.8 Å². The molecule has 0 heterocycles. The lowest BCUT2D eigenvalue weighted by molar-refractivity contribution is -0.156. The first-order valence-corrected chi connectivity index (χ1v) is 24.3. The van der Waals surface area contributed by atoms with Gasteiger partial charge in [-0.15, -0.1) is 0 Å². The second-order valence-corrected chi connectivity index (χ2v) is 24.4. The number of aliphatic carboxylic acids is 1. The van der Waals surface area contributed by atoms with Crippen molar-refractivity contribution in [2.24, 2.45) is 11.7 Å². The van der Waals surface area contributed by atoms with Crippen LogP contribution in [0.5, 0.6) is 0 Å². The molecule has 0 aromatic rings. The Balaban J connectivity index is 10.00. The monoisotopic (exact) mass is 842 g/mol. The van der Waals surface area contributed by atoms with Gasteiger partial charge >= 0.3 is 66.7 Å². The molecule has 0 amide bonds. The Labute approximate surface area is 254 Å². The van der Waals surface area contributed by atoms with Crippen LogP contribution in [0.2, 0.25) is 0 Å². The van der Waals surface area contributed by atoms with Gasteiger partial charge in [0.2, 0.25) is 11.0 Å². The molecule has 46 heavy (non-hydrogen) atoms. The van der Waals surface area contributed by atoms with E-state index in [-0.39, 0.29) is 0 Å². The predicted molar refractivity (Wildman–Crippen MR) is 145 cm³/mol. The second-order valence-electron chi connectivity index (χ2n) is 9.27. The van der Waals surface area contributed by atoms with E-state index in [1.807, 2.05) is 0 Å². The topological polar surface area (TPSA) is 527 Å². The van der Waals surface area contributed by atoms with Gasteiger partial charge in [-0.1, -0.05) is 0 Å². The van der Waals surface area contributed by atoms with E-state index in [9.17, 15) is 125 Å². The van der Waals surface area contributed by atoms with E-state index in [1.165, 1.54) is 0 Å². The Kier molecular flexibility index (Phi) is 14.9. The van der Waals surface area contributed by atoms with Crippen LogP contribution in [-0.4, -0.2) is 128 Å². The molecule has 28 nitrogen and oxygen atoms in total. The molecular weight excluding hydrogens is 812 g/mol. The number of carboxylic acid groups (broad SMARTS) is 1. The zero-order valence-electron chi connectivity index (χ0n) is 21.9. The summed E-state index contributed by atoms with van der Waals surface area (Å²) in [5.41, 5.74) is -10.3. The van der Waals surface area contributed by atoms with E-state index >= 15 is 0 Å². The van der Waals surface area contributed by atoms with Crippen molar-refractivity contribution in [2.45, 2.75) is 40.2 Å². The van der Waals surface area contributed by atoms with Crippen molar-refractivity contribution in [1.29, 1.82) is 0 Å². The molecule has 0 spiro atoms. The molecule has 0 aromatic carbocycles. The maximum atomic E-state index is 13.2. The summed E-state index contributed by atoms with van der Waals surface area (Å²) < 4.78 is 100. The molecule has 2 atom stereocenters. The van der Waals surface area contributed by atoms with Gasteiger partial charge in [-0.3, -0.25) is 41.3 Å². The zero-order chi connectivity index (χ0) is 37.7. The summed E-state index contributed by atoms with van der Waals surface area (Å²) in [5, 5.41) is 1.23. The van der Waals surface area contributed by atoms with Gasteiger partial charge in [0.25, 0.3) is 0 Å². The van der Waals surface area contributed by atoms with Gasteiger partial charge in [-0.05, 0) is 19.4 Å². The maximum absolute atomic E-state index is 13.2. The second kappa shape index (κ2) is 14.7. The highest BCUT2D eigenvalue weighted by molar-refractivity contribution is 7.73. The highest BCUT2D eigenvalue weighted by atomic mass is 31.3. The Morgan fingerprint density at radius 3 is 1.00 bits per heavy atom. The van der Waals surface area contributed by atoms with E-state index in [2.05, 4.69) is 0 Å². The molecule has 0 bridgehead atoms. The fraction of sp³-hybridized carbons (Fsp3) is 0.900. The Bertz CT molecular complexity index is 1380. The molecule has 0 saturated heterocycles. The van der Waals surface area contributed by atoms with Crippen molar-refractivity contribution >= 4 is 66.7 Å². The zero-order valence-corrected chi connectivity index (χ0v) is 29.0. The standard InChI is InChI=1S/C10H30N2O26P8/c11-3-1-2-4(5(39(15,16)17)40(18,19)20)10(6(13)14,7(41(21,22)23)42(24,25)26)12(8(43(27,28)29)44(30,31)32)9(45(33,34)35)46(36,37)38/h4-5,7-9H,1-3,11H2,(H,13,14)(H2,15,16,17)(H2,18,19,20)(H2,21,22,23)(H2,24,25,26)(H2,27,28,29)(H2,30,31,32)(H2,33,34,35)(H2,36,37,38)/t4?,10-/m0/s1. The number of nitrogens with zero attached hydrogens (tertiary/aromatic N) is 1. The molecule has 0 aliphatic rings. The molecule has 0 rings (SSSR count). The van der Waals surface area contributed by atoms with Gasteiger partial charge in [0, 0.05) is 5.92 Å². The van der Waals surface area contributed by atoms with Gasteiger partial charge in [0.15, 0.2) is 16.3 Å². The third kappa shape index (κ3) is 10.8. The summed E-state index contributed by atoms with van der Waals surface area (Å²) in [6, 6.07) is 0. The Morgan fingerprint density at radius 1 is 0.543 bits per heavy atom. The van der Waals surface area contributed by atoms with Gasteiger partial charge in [-0.2, -0.15) is 0 Å². The van der Waals surface area contributed by atoms with E-state index in [0.717, 1.165) is 0 Å². The van der Waals surface area contributed by atoms with Crippen molar-refractivity contribution in [2.75, 3.05) is 6.54 Å². The first-order valence-electron chi connectivity index (χ1n) is 10.9. The summed E-state index contributed by atoms with van der Waals surface area (Å²) >= 11 is 0. The quantitative estimate of drug-likeness (QED) is 0.0587. The fourth-order valence-corrected chi connectivity index (χ4v) is 17.6. The summed E-state index contributed by atoms with van der Waals surface area (Å²) in [6.07, 6.45) is -3.09. The number of hydrogen-bond donors (Lipinski definition) is 18. The van der Waals surface area contributed by atoms with Gasteiger partial charge < -0.3 is 89.1 Å². The number of rotatable bonds is 18. The largest absolute Gasteiger partial charge is 0.480 e. The first-order chi connectivity index (χ1) is 19.7. The molecule has 0 aromatic heterocycles. The highest BCUT2D eigenvalue weighted by Gasteiger charge is 2.78.